The van der Waals surface area contributed by atoms with E-state index in [1.54, 1.807) is 19.5 Å². The van der Waals surface area contributed by atoms with Crippen LogP contribution in [0, 0.1) is 0 Å². The van der Waals surface area contributed by atoms with Crippen LogP contribution in [-0.4, -0.2) is 53.3 Å². The minimum absolute atomic E-state index is 0.0773. The molecule has 36 heavy (non-hydrogen) atoms. The van der Waals surface area contributed by atoms with Crippen LogP contribution in [0.1, 0.15) is 56.1 Å². The van der Waals surface area contributed by atoms with Gasteiger partial charge in [0.05, 0.1) is 0 Å². The van der Waals surface area contributed by atoms with Gasteiger partial charge in [-0.3, -0.25) is 9.78 Å². The molecule has 7 nitrogen and oxygen atoms in total. The number of nitrogens with one attached hydrogen (secondary N) is 1. The molecule has 1 fully saturated rings. The maximum atomic E-state index is 12.3. The van der Waals surface area contributed by atoms with Crippen LogP contribution in [0.2, 0.25) is 0 Å². The Balaban J connectivity index is 1.37. The van der Waals surface area contributed by atoms with Gasteiger partial charge in [-0.1, -0.05) is 18.6 Å². The van der Waals surface area contributed by atoms with E-state index in [4.69, 9.17) is 9.73 Å². The average Bonchev–Trinajstić information content (AvgIpc) is 3.32. The lowest BCUT2D eigenvalue weighted by atomic mass is 9.89. The van der Waals surface area contributed by atoms with Crippen LogP contribution in [0.3, 0.4) is 0 Å². The largest absolute Gasteiger partial charge is 0.375 e. The lowest BCUT2D eigenvalue weighted by Crippen LogP contribution is -2.37. The lowest BCUT2D eigenvalue weighted by molar-refractivity contribution is -0.135. The van der Waals surface area contributed by atoms with E-state index in [1.807, 2.05) is 30.2 Å². The van der Waals surface area contributed by atoms with Gasteiger partial charge >= 0.3 is 0 Å². The third-order valence-corrected chi connectivity index (χ3v) is 6.66. The summed E-state index contributed by atoms with van der Waals surface area (Å²) in [5, 5.41) is 3.38. The zero-order valence-electron chi connectivity index (χ0n) is 21.2. The maximum Gasteiger partial charge on any atom is 0.248 e. The molecule has 0 bridgehead atoms. The minimum atomic E-state index is 0.0773. The number of likely N-dealkylation sites (tertiary alicyclic amines) is 1. The van der Waals surface area contributed by atoms with E-state index in [2.05, 4.69) is 51.7 Å². The number of carbonyl (C=O) groups is 1. The molecule has 188 valence electrons. The molecule has 0 radical (unpaired) electrons. The van der Waals surface area contributed by atoms with Crippen molar-refractivity contribution in [2.45, 2.75) is 44.9 Å². The second-order valence-corrected chi connectivity index (χ2v) is 9.10. The first-order valence-electron chi connectivity index (χ1n) is 12.7. The number of methoxy groups -OCH3 is 1. The fraction of sp³-hybridized carbons (Fsp3) is 0.379. The van der Waals surface area contributed by atoms with Gasteiger partial charge in [0, 0.05) is 50.9 Å². The summed E-state index contributed by atoms with van der Waals surface area (Å²) in [7, 11) is 1.57. The summed E-state index contributed by atoms with van der Waals surface area (Å²) < 4.78 is 5.05. The molecule has 0 spiro atoms. The summed E-state index contributed by atoms with van der Waals surface area (Å²) >= 11 is 0. The highest BCUT2D eigenvalue weighted by Crippen LogP contribution is 2.29. The van der Waals surface area contributed by atoms with Crippen LogP contribution < -0.4 is 5.32 Å². The fourth-order valence-corrected chi connectivity index (χ4v) is 4.68. The van der Waals surface area contributed by atoms with E-state index in [-0.39, 0.29) is 12.5 Å². The molecule has 0 saturated carbocycles. The first-order valence-corrected chi connectivity index (χ1v) is 12.7. The molecule has 1 atom stereocenters. The zero-order valence-corrected chi connectivity index (χ0v) is 21.2. The maximum absolute atomic E-state index is 12.3. The highest BCUT2D eigenvalue weighted by Gasteiger charge is 2.20. The fourth-order valence-electron chi connectivity index (χ4n) is 4.68. The Bertz CT molecular complexity index is 1150. The van der Waals surface area contributed by atoms with Crippen LogP contribution >= 0.6 is 0 Å². The molecule has 2 aromatic heterocycles. The van der Waals surface area contributed by atoms with Gasteiger partial charge in [-0.15, -0.1) is 0 Å². The number of anilines is 1. The van der Waals surface area contributed by atoms with Crippen LogP contribution in [0.15, 0.2) is 78.0 Å². The zero-order chi connectivity index (χ0) is 25.2. The molecule has 0 aliphatic carbocycles. The van der Waals surface area contributed by atoms with E-state index in [9.17, 15) is 4.79 Å². The topological polar surface area (TPSA) is 79.7 Å². The Morgan fingerprint density at radius 1 is 1.17 bits per heavy atom. The number of amides is 1. The van der Waals surface area contributed by atoms with E-state index in [0.29, 0.717) is 5.92 Å². The van der Waals surface area contributed by atoms with Gasteiger partial charge < -0.3 is 15.0 Å². The number of aliphatic imine (C=N–C) groups is 1. The number of hydrogen-bond donors (Lipinski definition) is 1. The summed E-state index contributed by atoms with van der Waals surface area (Å²) in [6.07, 6.45) is 18.8. The predicted molar refractivity (Wildman–Crippen MR) is 145 cm³/mol. The average molecular weight is 486 g/mol. The van der Waals surface area contributed by atoms with Crippen LogP contribution in [0.25, 0.3) is 5.57 Å². The molecule has 7 heteroatoms. The van der Waals surface area contributed by atoms with Crippen LogP contribution in [0.5, 0.6) is 0 Å². The molecular weight excluding hydrogens is 450 g/mol. The number of aromatic nitrogens is 2. The van der Waals surface area contributed by atoms with Gasteiger partial charge in [-0.25, -0.2) is 9.98 Å². The van der Waals surface area contributed by atoms with Gasteiger partial charge in [0.1, 0.15) is 18.2 Å². The van der Waals surface area contributed by atoms with Crippen molar-refractivity contribution in [1.82, 2.24) is 14.9 Å². The third-order valence-electron chi connectivity index (χ3n) is 6.66. The van der Waals surface area contributed by atoms with Crippen molar-refractivity contribution in [3.63, 3.8) is 0 Å². The van der Waals surface area contributed by atoms with Crippen LogP contribution in [0.4, 0.5) is 5.82 Å². The number of carbonyl (C=O) groups excluding carboxylic acids is 1. The Morgan fingerprint density at radius 2 is 2.03 bits per heavy atom. The quantitative estimate of drug-likeness (QED) is 0.509. The Labute approximate surface area is 213 Å². The van der Waals surface area contributed by atoms with Gasteiger partial charge in [-0.05, 0) is 85.2 Å². The smallest absolute Gasteiger partial charge is 0.248 e. The summed E-state index contributed by atoms with van der Waals surface area (Å²) in [5.41, 5.74) is 4.53. The van der Waals surface area contributed by atoms with Crippen molar-refractivity contribution in [2.24, 2.45) is 4.99 Å². The van der Waals surface area contributed by atoms with Gasteiger partial charge in [0.25, 0.3) is 0 Å². The van der Waals surface area contributed by atoms with Crippen molar-refractivity contribution in [2.75, 3.05) is 32.1 Å². The van der Waals surface area contributed by atoms with Crippen LogP contribution in [-0.2, 0) is 9.53 Å². The number of hydrogen-bond acceptors (Lipinski definition) is 6. The number of nitrogens with zero attached hydrogens (tertiary/aromatic N) is 4. The van der Waals surface area contributed by atoms with E-state index >= 15 is 0 Å². The summed E-state index contributed by atoms with van der Waals surface area (Å²) in [6, 6.07) is 8.23. The minimum Gasteiger partial charge on any atom is -0.375 e. The molecule has 2 aliphatic heterocycles. The summed E-state index contributed by atoms with van der Waals surface area (Å²) in [6.45, 7) is 3.77. The number of rotatable bonds is 8. The van der Waals surface area contributed by atoms with Gasteiger partial charge in [0.15, 0.2) is 0 Å². The second-order valence-electron chi connectivity index (χ2n) is 9.10. The predicted octanol–water partition coefficient (Wildman–Crippen LogP) is 5.37. The van der Waals surface area contributed by atoms with E-state index in [1.165, 1.54) is 5.56 Å². The molecule has 1 unspecified atom stereocenters. The van der Waals surface area contributed by atoms with Crippen molar-refractivity contribution in [3.05, 3.63) is 84.1 Å². The monoisotopic (exact) mass is 485 g/mol. The Morgan fingerprint density at radius 3 is 2.83 bits per heavy atom. The van der Waals surface area contributed by atoms with Gasteiger partial charge in [0.2, 0.25) is 5.91 Å². The Kier molecular flexibility index (Phi) is 9.16. The number of allylic oxidation sites excluding steroid dienone is 5. The molecule has 1 N–H and O–H groups in total. The van der Waals surface area contributed by atoms with Crippen molar-refractivity contribution < 1.29 is 9.53 Å². The standard InChI is InChI=1S/C29H35N5O2/c1-3-22(24-11-15-30-16-12-24)7-8-26-9-10-27(32-26)33-28-20-25(13-17-31-28)23-6-4-5-18-34(19-14-23)29(35)21-36-2/h3,7-8,10-13,15-17,20,23H,4-6,9,14,18-19,21H2,1-2H3,(H,31,33)/b8-7-,22-3+. The molecule has 4 rings (SSSR count). The SMILES string of the molecule is C/C=C(\C=C/C1=NC(Nc2cc(C3CCCCN(C(=O)COC)CC3)ccn2)=CC1)c1ccncc1. The third kappa shape index (κ3) is 6.98. The van der Waals surface area contributed by atoms with E-state index < -0.39 is 0 Å². The first kappa shape index (κ1) is 25.5. The highest BCUT2D eigenvalue weighted by molar-refractivity contribution is 6.00. The molecule has 0 aromatic carbocycles. The molecular formula is C29H35N5O2. The summed E-state index contributed by atoms with van der Waals surface area (Å²) in [5.74, 6) is 2.10. The second kappa shape index (κ2) is 12.9. The van der Waals surface area contributed by atoms with E-state index in [0.717, 1.165) is 73.7 Å². The normalized spacial score (nSPS) is 19.0. The molecule has 2 aromatic rings. The van der Waals surface area contributed by atoms with Crippen molar-refractivity contribution >= 4 is 23.0 Å². The number of pyridine rings is 2. The molecule has 1 amide bonds. The number of ether oxygens (including phenoxy) is 1. The molecule has 2 aliphatic rings. The first-order chi connectivity index (χ1) is 17.7. The van der Waals surface area contributed by atoms with Crippen molar-refractivity contribution in [3.8, 4) is 0 Å². The molecule has 1 saturated heterocycles. The van der Waals surface area contributed by atoms with Gasteiger partial charge in [-0.2, -0.15) is 0 Å². The molecule has 4 heterocycles. The summed E-state index contributed by atoms with van der Waals surface area (Å²) in [4.78, 5) is 27.6. The van der Waals surface area contributed by atoms with Crippen molar-refractivity contribution in [1.29, 1.82) is 0 Å². The highest BCUT2D eigenvalue weighted by atomic mass is 16.5. The lowest BCUT2D eigenvalue weighted by Gasteiger charge is -2.28. The Hall–Kier alpha value is -3.58.